The maximum atomic E-state index is 12.7. The van der Waals surface area contributed by atoms with Gasteiger partial charge in [0.15, 0.2) is 11.5 Å². The van der Waals surface area contributed by atoms with Crippen LogP contribution in [0, 0.1) is 0 Å². The minimum absolute atomic E-state index is 0.0847. The fraction of sp³-hybridized carbons (Fsp3) is 0.0909. The molecule has 0 saturated heterocycles. The number of benzene rings is 1. The number of aromatic nitrogens is 5. The van der Waals surface area contributed by atoms with Gasteiger partial charge in [0.1, 0.15) is 5.52 Å². The molecule has 0 bridgehead atoms. The Labute approximate surface area is 110 Å². The van der Waals surface area contributed by atoms with Crippen LogP contribution < -0.4 is 5.73 Å². The van der Waals surface area contributed by atoms with Crippen LogP contribution in [-0.2, 0) is 6.18 Å². The Hall–Kier alpha value is -2.71. The fourth-order valence-corrected chi connectivity index (χ4v) is 1.74. The molecule has 9 heteroatoms. The molecule has 0 amide bonds. The van der Waals surface area contributed by atoms with E-state index in [2.05, 4.69) is 20.3 Å². The molecule has 2 N–H and O–H groups in total. The molecule has 0 unspecified atom stereocenters. The van der Waals surface area contributed by atoms with Crippen molar-refractivity contribution in [3.8, 4) is 5.82 Å². The van der Waals surface area contributed by atoms with Gasteiger partial charge in [-0.05, 0) is 12.1 Å². The van der Waals surface area contributed by atoms with Crippen LogP contribution in [0.4, 0.5) is 19.1 Å². The van der Waals surface area contributed by atoms with Crippen LogP contribution in [0.1, 0.15) is 5.69 Å². The highest BCUT2D eigenvalue weighted by Crippen LogP contribution is 2.29. The van der Waals surface area contributed by atoms with E-state index in [-0.39, 0.29) is 5.82 Å². The third-order valence-corrected chi connectivity index (χ3v) is 2.59. The number of anilines is 1. The van der Waals surface area contributed by atoms with Gasteiger partial charge in [-0.15, -0.1) is 5.10 Å². The molecule has 102 valence electrons. The molecule has 0 atom stereocenters. The zero-order valence-electron chi connectivity index (χ0n) is 9.83. The number of alkyl halides is 3. The number of para-hydroxylation sites is 1. The molecular formula is C11H7F3N6. The lowest BCUT2D eigenvalue weighted by Crippen LogP contribution is -2.13. The molecule has 6 nitrogen and oxygen atoms in total. The van der Waals surface area contributed by atoms with E-state index in [1.807, 2.05) is 0 Å². The summed E-state index contributed by atoms with van der Waals surface area (Å²) in [6.45, 7) is 0. The topological polar surface area (TPSA) is 82.5 Å². The van der Waals surface area contributed by atoms with E-state index < -0.39 is 17.8 Å². The summed E-state index contributed by atoms with van der Waals surface area (Å²) in [5, 5.41) is 7.63. The highest BCUT2D eigenvalue weighted by molar-refractivity contribution is 5.75. The van der Waals surface area contributed by atoms with Crippen LogP contribution >= 0.6 is 0 Å². The Morgan fingerprint density at radius 3 is 2.60 bits per heavy atom. The number of nitrogens with two attached hydrogens (primary N) is 1. The third kappa shape index (κ3) is 2.02. The van der Waals surface area contributed by atoms with E-state index in [1.54, 1.807) is 24.3 Å². The highest BCUT2D eigenvalue weighted by atomic mass is 19.4. The number of halogens is 3. The van der Waals surface area contributed by atoms with Crippen molar-refractivity contribution in [2.45, 2.75) is 6.18 Å². The summed E-state index contributed by atoms with van der Waals surface area (Å²) >= 11 is 0. The molecule has 3 aromatic rings. The second-order valence-corrected chi connectivity index (χ2v) is 3.96. The van der Waals surface area contributed by atoms with Gasteiger partial charge in [-0.1, -0.05) is 17.3 Å². The van der Waals surface area contributed by atoms with E-state index >= 15 is 0 Å². The molecule has 20 heavy (non-hydrogen) atoms. The van der Waals surface area contributed by atoms with Crippen LogP contribution in [0.3, 0.4) is 0 Å². The summed E-state index contributed by atoms with van der Waals surface area (Å²) in [5.41, 5.74) is 5.26. The first-order valence-electron chi connectivity index (χ1n) is 5.48. The Morgan fingerprint density at radius 2 is 1.85 bits per heavy atom. The molecule has 0 aliphatic rings. The summed E-state index contributed by atoms with van der Waals surface area (Å²) < 4.78 is 39.3. The molecule has 0 spiro atoms. The van der Waals surface area contributed by atoms with Gasteiger partial charge in [-0.3, -0.25) is 0 Å². The first-order chi connectivity index (χ1) is 9.45. The van der Waals surface area contributed by atoms with E-state index in [0.29, 0.717) is 11.0 Å². The lowest BCUT2D eigenvalue weighted by molar-refractivity contribution is -0.141. The van der Waals surface area contributed by atoms with Crippen LogP contribution in [0.15, 0.2) is 30.3 Å². The predicted octanol–water partition coefficient (Wildman–Crippen LogP) is 1.81. The first kappa shape index (κ1) is 12.3. The fourth-order valence-electron chi connectivity index (χ4n) is 1.74. The quantitative estimate of drug-likeness (QED) is 0.735. The van der Waals surface area contributed by atoms with Crippen molar-refractivity contribution in [2.75, 3.05) is 5.73 Å². The molecular weight excluding hydrogens is 273 g/mol. The summed E-state index contributed by atoms with van der Waals surface area (Å²) in [7, 11) is 0. The van der Waals surface area contributed by atoms with Crippen LogP contribution in [0.2, 0.25) is 0 Å². The number of fused-ring (bicyclic) bond motifs is 1. The molecule has 0 saturated carbocycles. The van der Waals surface area contributed by atoms with Gasteiger partial charge in [0.05, 0.1) is 5.52 Å². The van der Waals surface area contributed by atoms with E-state index in [9.17, 15) is 13.2 Å². The number of rotatable bonds is 1. The van der Waals surface area contributed by atoms with Crippen molar-refractivity contribution in [3.63, 3.8) is 0 Å². The molecule has 0 radical (unpaired) electrons. The molecule has 1 aromatic carbocycles. The van der Waals surface area contributed by atoms with Crippen LogP contribution in [0.25, 0.3) is 16.9 Å². The minimum Gasteiger partial charge on any atom is -0.368 e. The number of nitrogens with zero attached hydrogens (tertiary/aromatic N) is 5. The number of nitrogen functional groups attached to an aromatic ring is 1. The van der Waals surface area contributed by atoms with Gasteiger partial charge in [-0.2, -0.15) is 22.8 Å². The Bertz CT molecular complexity index is 779. The molecule has 0 aliphatic carbocycles. The lowest BCUT2D eigenvalue weighted by atomic mass is 10.3. The molecule has 0 fully saturated rings. The van der Waals surface area contributed by atoms with Crippen LogP contribution in [0.5, 0.6) is 0 Å². The van der Waals surface area contributed by atoms with Gasteiger partial charge >= 0.3 is 6.18 Å². The Balaban J connectivity index is 2.22. The van der Waals surface area contributed by atoms with Gasteiger partial charge in [0, 0.05) is 6.07 Å². The van der Waals surface area contributed by atoms with Crippen molar-refractivity contribution < 1.29 is 13.2 Å². The molecule has 3 rings (SSSR count). The SMILES string of the molecule is Nc1nc(-n2nnc3ccccc32)cc(C(F)(F)F)n1. The zero-order chi connectivity index (χ0) is 14.3. The average molecular weight is 280 g/mol. The second kappa shape index (κ2) is 4.15. The third-order valence-electron chi connectivity index (χ3n) is 2.59. The van der Waals surface area contributed by atoms with Crippen molar-refractivity contribution in [2.24, 2.45) is 0 Å². The zero-order valence-corrected chi connectivity index (χ0v) is 9.83. The average Bonchev–Trinajstić information content (AvgIpc) is 2.80. The number of hydrogen-bond acceptors (Lipinski definition) is 5. The summed E-state index contributed by atoms with van der Waals surface area (Å²) in [6.07, 6.45) is -4.61. The van der Waals surface area contributed by atoms with Crippen molar-refractivity contribution in [3.05, 3.63) is 36.0 Å². The van der Waals surface area contributed by atoms with Gasteiger partial charge in [0.2, 0.25) is 5.95 Å². The molecule has 0 aliphatic heterocycles. The van der Waals surface area contributed by atoms with Crippen molar-refractivity contribution >= 4 is 17.0 Å². The summed E-state index contributed by atoms with van der Waals surface area (Å²) in [6, 6.07) is 7.60. The van der Waals surface area contributed by atoms with Gasteiger partial charge < -0.3 is 5.73 Å². The first-order valence-corrected chi connectivity index (χ1v) is 5.48. The molecule has 2 heterocycles. The molecule has 2 aromatic heterocycles. The number of hydrogen-bond donors (Lipinski definition) is 1. The standard InChI is InChI=1S/C11H7F3N6/c12-11(13,14)8-5-9(17-10(15)16-8)20-7-4-2-1-3-6(7)18-19-20/h1-5H,(H2,15,16,17). The minimum atomic E-state index is -4.61. The predicted molar refractivity (Wildman–Crippen MR) is 63.9 cm³/mol. The highest BCUT2D eigenvalue weighted by Gasteiger charge is 2.33. The smallest absolute Gasteiger partial charge is 0.368 e. The summed E-state index contributed by atoms with van der Waals surface area (Å²) in [5.74, 6) is -0.562. The van der Waals surface area contributed by atoms with Crippen LogP contribution in [-0.4, -0.2) is 25.0 Å². The Morgan fingerprint density at radius 1 is 1.10 bits per heavy atom. The van der Waals surface area contributed by atoms with Gasteiger partial charge in [-0.25, -0.2) is 4.98 Å². The Kier molecular flexibility index (Phi) is 2.56. The van der Waals surface area contributed by atoms with Crippen molar-refractivity contribution in [1.29, 1.82) is 0 Å². The maximum absolute atomic E-state index is 12.7. The lowest BCUT2D eigenvalue weighted by Gasteiger charge is -2.08. The monoisotopic (exact) mass is 280 g/mol. The largest absolute Gasteiger partial charge is 0.433 e. The maximum Gasteiger partial charge on any atom is 0.433 e. The van der Waals surface area contributed by atoms with Crippen molar-refractivity contribution in [1.82, 2.24) is 25.0 Å². The van der Waals surface area contributed by atoms with E-state index in [4.69, 9.17) is 5.73 Å². The van der Waals surface area contributed by atoms with E-state index in [1.165, 1.54) is 4.68 Å². The summed E-state index contributed by atoms with van der Waals surface area (Å²) in [4.78, 5) is 6.94. The normalized spacial score (nSPS) is 11.9. The van der Waals surface area contributed by atoms with E-state index in [0.717, 1.165) is 6.07 Å². The van der Waals surface area contributed by atoms with Gasteiger partial charge in [0.25, 0.3) is 0 Å². The second-order valence-electron chi connectivity index (χ2n) is 3.96.